The quantitative estimate of drug-likeness (QED) is 0.789. The fourth-order valence-corrected chi connectivity index (χ4v) is 5.06. The molecule has 1 amide bonds. The van der Waals surface area contributed by atoms with E-state index in [1.165, 1.54) is 38.5 Å². The predicted octanol–water partition coefficient (Wildman–Crippen LogP) is 2.18. The number of rotatable bonds is 4. The Kier molecular flexibility index (Phi) is 3.42. The molecule has 4 aliphatic rings. The topological polar surface area (TPSA) is 46.3 Å². The summed E-state index contributed by atoms with van der Waals surface area (Å²) in [6, 6.07) is 0. The third-order valence-corrected chi connectivity index (χ3v) is 5.51. The summed E-state index contributed by atoms with van der Waals surface area (Å²) in [6.07, 6.45) is 12.4. The van der Waals surface area contributed by atoms with Gasteiger partial charge in [-0.25, -0.2) is 0 Å². The Balaban J connectivity index is 1.67. The Morgan fingerprint density at radius 2 is 1.74 bits per heavy atom. The van der Waals surface area contributed by atoms with Crippen LogP contribution in [0.5, 0.6) is 0 Å². The molecule has 106 valence electrons. The summed E-state index contributed by atoms with van der Waals surface area (Å²) >= 11 is 0. The minimum atomic E-state index is 0.112. The van der Waals surface area contributed by atoms with Crippen LogP contribution < -0.4 is 5.73 Å². The van der Waals surface area contributed by atoms with Crippen LogP contribution in [0.2, 0.25) is 0 Å². The van der Waals surface area contributed by atoms with Gasteiger partial charge in [0, 0.05) is 20.1 Å². The molecule has 3 nitrogen and oxygen atoms in total. The molecule has 19 heavy (non-hydrogen) atoms. The number of carbonyl (C=O) groups is 1. The molecule has 4 fully saturated rings. The number of hydrogen-bond acceptors (Lipinski definition) is 2. The van der Waals surface area contributed by atoms with Crippen molar-refractivity contribution in [3.05, 3.63) is 12.2 Å². The number of nitrogens with two attached hydrogens (primary N) is 1. The smallest absolute Gasteiger partial charge is 0.246 e. The molecule has 2 N–H and O–H groups in total. The molecule has 0 aromatic rings. The van der Waals surface area contributed by atoms with Crippen molar-refractivity contribution >= 4 is 5.91 Å². The summed E-state index contributed by atoms with van der Waals surface area (Å²) in [6.45, 7) is 1.18. The zero-order chi connectivity index (χ0) is 13.5. The molecule has 0 aliphatic heterocycles. The third kappa shape index (κ3) is 2.58. The molecular weight excluding hydrogens is 236 g/mol. The average molecular weight is 262 g/mol. The first-order valence-electron chi connectivity index (χ1n) is 7.74. The fourth-order valence-electron chi connectivity index (χ4n) is 5.06. The van der Waals surface area contributed by atoms with Crippen molar-refractivity contribution in [3.63, 3.8) is 0 Å². The lowest BCUT2D eigenvalue weighted by atomic mass is 9.49. The monoisotopic (exact) mass is 262 g/mol. The van der Waals surface area contributed by atoms with E-state index in [2.05, 4.69) is 6.08 Å². The summed E-state index contributed by atoms with van der Waals surface area (Å²) < 4.78 is 0. The summed E-state index contributed by atoms with van der Waals surface area (Å²) in [4.78, 5) is 13.7. The third-order valence-electron chi connectivity index (χ3n) is 5.51. The fraction of sp³-hybridized carbons (Fsp3) is 0.812. The minimum absolute atomic E-state index is 0.112. The lowest BCUT2D eigenvalue weighted by Gasteiger charge is -2.55. The number of allylic oxidation sites excluding steroid dienone is 1. The van der Waals surface area contributed by atoms with Crippen molar-refractivity contribution in [3.8, 4) is 0 Å². The molecule has 3 heteroatoms. The first-order chi connectivity index (χ1) is 9.10. The second-order valence-electron chi connectivity index (χ2n) is 7.16. The molecule has 0 aromatic carbocycles. The van der Waals surface area contributed by atoms with E-state index in [9.17, 15) is 4.79 Å². The van der Waals surface area contributed by atoms with E-state index in [0.29, 0.717) is 18.5 Å². The van der Waals surface area contributed by atoms with Gasteiger partial charge in [-0.15, -0.1) is 0 Å². The molecule has 0 saturated heterocycles. The molecule has 0 aromatic heterocycles. The summed E-state index contributed by atoms with van der Waals surface area (Å²) in [5.74, 6) is 2.93. The molecule has 4 aliphatic carbocycles. The van der Waals surface area contributed by atoms with E-state index in [4.69, 9.17) is 5.73 Å². The van der Waals surface area contributed by atoms with Gasteiger partial charge in [0.25, 0.3) is 0 Å². The molecule has 0 unspecified atom stereocenters. The molecular formula is C16H26N2O. The van der Waals surface area contributed by atoms with Crippen molar-refractivity contribution in [2.45, 2.75) is 38.5 Å². The van der Waals surface area contributed by atoms with Crippen LogP contribution in [0.4, 0.5) is 0 Å². The number of hydrogen-bond donors (Lipinski definition) is 1. The largest absolute Gasteiger partial charge is 0.341 e. The van der Waals surface area contributed by atoms with Gasteiger partial charge in [-0.3, -0.25) is 4.79 Å². The van der Waals surface area contributed by atoms with Crippen LogP contribution in [0.25, 0.3) is 0 Å². The SMILES string of the molecule is CN(CCN)C(=O)/C=C/C12CC3CC(CC(C3)C1)C2. The lowest BCUT2D eigenvalue weighted by Crippen LogP contribution is -2.45. The van der Waals surface area contributed by atoms with Crippen LogP contribution in [0.1, 0.15) is 38.5 Å². The molecule has 0 atom stereocenters. The maximum Gasteiger partial charge on any atom is 0.246 e. The predicted molar refractivity (Wildman–Crippen MR) is 76.4 cm³/mol. The molecule has 4 saturated carbocycles. The van der Waals surface area contributed by atoms with Gasteiger partial charge in [0.2, 0.25) is 5.91 Å². The van der Waals surface area contributed by atoms with Crippen LogP contribution in [0.3, 0.4) is 0 Å². The summed E-state index contributed by atoms with van der Waals surface area (Å²) in [7, 11) is 1.83. The Morgan fingerprint density at radius 1 is 1.21 bits per heavy atom. The van der Waals surface area contributed by atoms with E-state index in [0.717, 1.165) is 17.8 Å². The number of carbonyl (C=O) groups excluding carboxylic acids is 1. The highest BCUT2D eigenvalue weighted by Gasteiger charge is 2.49. The molecule has 0 heterocycles. The highest BCUT2D eigenvalue weighted by Crippen LogP contribution is 2.60. The zero-order valence-electron chi connectivity index (χ0n) is 12.0. The van der Waals surface area contributed by atoms with E-state index >= 15 is 0 Å². The number of likely N-dealkylation sites (N-methyl/N-ethyl adjacent to an activating group) is 1. The first-order valence-corrected chi connectivity index (χ1v) is 7.74. The number of nitrogens with zero attached hydrogens (tertiary/aromatic N) is 1. The van der Waals surface area contributed by atoms with Crippen molar-refractivity contribution in [2.75, 3.05) is 20.1 Å². The summed E-state index contributed by atoms with van der Waals surface area (Å²) in [5, 5.41) is 0. The van der Waals surface area contributed by atoms with Crippen molar-refractivity contribution in [2.24, 2.45) is 28.9 Å². The highest BCUT2D eigenvalue weighted by molar-refractivity contribution is 5.87. The Hall–Kier alpha value is -0.830. The van der Waals surface area contributed by atoms with Crippen molar-refractivity contribution in [1.82, 2.24) is 4.90 Å². The normalized spacial score (nSPS) is 40.0. The van der Waals surface area contributed by atoms with Crippen LogP contribution >= 0.6 is 0 Å². The van der Waals surface area contributed by atoms with E-state index in [1.54, 1.807) is 4.90 Å². The van der Waals surface area contributed by atoms with Gasteiger partial charge >= 0.3 is 0 Å². The van der Waals surface area contributed by atoms with E-state index < -0.39 is 0 Å². The summed E-state index contributed by atoms with van der Waals surface area (Å²) in [5.41, 5.74) is 5.85. The zero-order valence-corrected chi connectivity index (χ0v) is 12.0. The van der Waals surface area contributed by atoms with Crippen molar-refractivity contribution < 1.29 is 4.79 Å². The van der Waals surface area contributed by atoms with Gasteiger partial charge in [-0.05, 0) is 67.8 Å². The average Bonchev–Trinajstić information content (AvgIpc) is 2.34. The Labute approximate surface area is 116 Å². The van der Waals surface area contributed by atoms with Gasteiger partial charge in [0.05, 0.1) is 0 Å². The highest BCUT2D eigenvalue weighted by atomic mass is 16.2. The maximum absolute atomic E-state index is 12.0. The Morgan fingerprint density at radius 3 is 2.21 bits per heavy atom. The van der Waals surface area contributed by atoms with Crippen LogP contribution in [-0.4, -0.2) is 30.9 Å². The van der Waals surface area contributed by atoms with Gasteiger partial charge in [-0.1, -0.05) is 6.08 Å². The Bertz CT molecular complexity index is 353. The lowest BCUT2D eigenvalue weighted by molar-refractivity contribution is -0.124. The van der Waals surface area contributed by atoms with Crippen LogP contribution in [0, 0.1) is 23.2 Å². The second-order valence-corrected chi connectivity index (χ2v) is 7.16. The molecule has 4 bridgehead atoms. The van der Waals surface area contributed by atoms with Gasteiger partial charge in [0.15, 0.2) is 0 Å². The van der Waals surface area contributed by atoms with Gasteiger partial charge in [-0.2, -0.15) is 0 Å². The van der Waals surface area contributed by atoms with Gasteiger partial charge < -0.3 is 10.6 Å². The van der Waals surface area contributed by atoms with Crippen LogP contribution in [-0.2, 0) is 4.79 Å². The van der Waals surface area contributed by atoms with E-state index in [1.807, 2.05) is 13.1 Å². The van der Waals surface area contributed by atoms with Crippen molar-refractivity contribution in [1.29, 1.82) is 0 Å². The number of amides is 1. The van der Waals surface area contributed by atoms with Crippen LogP contribution in [0.15, 0.2) is 12.2 Å². The molecule has 0 spiro atoms. The maximum atomic E-state index is 12.0. The molecule has 4 rings (SSSR count). The first kappa shape index (κ1) is 13.2. The minimum Gasteiger partial charge on any atom is -0.341 e. The standard InChI is InChI=1S/C16H26N2O/c1-18(5-4-17)15(19)2-3-16-9-12-6-13(10-16)8-14(7-12)11-16/h2-3,12-14H,4-11,17H2,1H3/b3-2+. The second kappa shape index (κ2) is 4.93. The van der Waals surface area contributed by atoms with E-state index in [-0.39, 0.29) is 5.91 Å². The molecule has 0 radical (unpaired) electrons. The van der Waals surface area contributed by atoms with Gasteiger partial charge in [0.1, 0.15) is 0 Å².